The molecule has 0 atom stereocenters. The van der Waals surface area contributed by atoms with E-state index in [0.29, 0.717) is 36.2 Å². The van der Waals surface area contributed by atoms with Crippen LogP contribution in [0.15, 0.2) is 23.0 Å². The van der Waals surface area contributed by atoms with Crippen LogP contribution in [0.4, 0.5) is 17.3 Å². The van der Waals surface area contributed by atoms with E-state index in [1.54, 1.807) is 12.1 Å². The molecule has 0 amide bonds. The Morgan fingerprint density at radius 3 is 2.88 bits per heavy atom. The van der Waals surface area contributed by atoms with E-state index in [2.05, 4.69) is 20.4 Å². The highest BCUT2D eigenvalue weighted by Crippen LogP contribution is 2.14. The van der Waals surface area contributed by atoms with Crippen molar-refractivity contribution in [2.45, 2.75) is 6.42 Å². The number of nitrogens with zero attached hydrogens (tertiary/aromatic N) is 3. The van der Waals surface area contributed by atoms with Crippen LogP contribution in [0.1, 0.15) is 5.89 Å². The summed E-state index contributed by atoms with van der Waals surface area (Å²) < 4.78 is 4.85. The second-order valence-electron chi connectivity index (χ2n) is 3.18. The van der Waals surface area contributed by atoms with E-state index in [1.165, 1.54) is 6.33 Å². The van der Waals surface area contributed by atoms with Crippen LogP contribution in [0.3, 0.4) is 0 Å². The van der Waals surface area contributed by atoms with Crippen LogP contribution in [0.5, 0.6) is 0 Å². The van der Waals surface area contributed by atoms with Crippen LogP contribution in [-0.4, -0.2) is 21.7 Å². The summed E-state index contributed by atoms with van der Waals surface area (Å²) in [5.41, 5.74) is 11.6. The number of hydrogen-bond donors (Lipinski definition) is 3. The quantitative estimate of drug-likeness (QED) is 0.677. The van der Waals surface area contributed by atoms with Crippen LogP contribution in [0, 0.1) is 0 Å². The molecule has 0 saturated heterocycles. The minimum Gasteiger partial charge on any atom is -0.396 e. The summed E-state index contributed by atoms with van der Waals surface area (Å²) in [6, 6.07) is 3.47. The molecule has 2 aromatic rings. The maximum absolute atomic E-state index is 5.57. The summed E-state index contributed by atoms with van der Waals surface area (Å²) in [5, 5.41) is 6.58. The molecule has 84 valence electrons. The van der Waals surface area contributed by atoms with Gasteiger partial charge in [-0.05, 0) is 12.1 Å². The van der Waals surface area contributed by atoms with Gasteiger partial charge in [-0.2, -0.15) is 4.98 Å². The molecule has 0 aliphatic heterocycles. The highest BCUT2D eigenvalue weighted by Gasteiger charge is 2.01. The van der Waals surface area contributed by atoms with Crippen molar-refractivity contribution in [2.75, 3.05) is 23.3 Å². The first kappa shape index (κ1) is 10.2. The SMILES string of the molecule is Nc1ccc(NCCc2ncno2)nc1N. The third-order valence-electron chi connectivity index (χ3n) is 2.01. The molecule has 0 aromatic carbocycles. The van der Waals surface area contributed by atoms with Crippen molar-refractivity contribution in [1.82, 2.24) is 15.1 Å². The van der Waals surface area contributed by atoms with Crippen molar-refractivity contribution in [2.24, 2.45) is 0 Å². The van der Waals surface area contributed by atoms with Gasteiger partial charge < -0.3 is 21.3 Å². The zero-order valence-corrected chi connectivity index (χ0v) is 8.55. The minimum atomic E-state index is 0.322. The van der Waals surface area contributed by atoms with Crippen molar-refractivity contribution in [3.05, 3.63) is 24.4 Å². The average molecular weight is 220 g/mol. The van der Waals surface area contributed by atoms with Gasteiger partial charge in [0.15, 0.2) is 6.33 Å². The maximum atomic E-state index is 5.57. The second kappa shape index (κ2) is 4.47. The Morgan fingerprint density at radius 2 is 2.19 bits per heavy atom. The molecule has 0 bridgehead atoms. The highest BCUT2D eigenvalue weighted by atomic mass is 16.5. The lowest BCUT2D eigenvalue weighted by atomic mass is 10.3. The molecule has 0 radical (unpaired) electrons. The minimum absolute atomic E-state index is 0.322. The van der Waals surface area contributed by atoms with E-state index < -0.39 is 0 Å². The Kier molecular flexibility index (Phi) is 2.86. The third kappa shape index (κ3) is 2.38. The molecule has 2 rings (SSSR count). The molecular weight excluding hydrogens is 208 g/mol. The third-order valence-corrected chi connectivity index (χ3v) is 2.01. The molecule has 7 heteroatoms. The molecule has 16 heavy (non-hydrogen) atoms. The molecule has 2 aromatic heterocycles. The number of nitrogens with one attached hydrogen (secondary N) is 1. The highest BCUT2D eigenvalue weighted by molar-refractivity contribution is 5.61. The van der Waals surface area contributed by atoms with E-state index in [-0.39, 0.29) is 0 Å². The molecule has 0 aliphatic rings. The van der Waals surface area contributed by atoms with Crippen molar-refractivity contribution < 1.29 is 4.52 Å². The van der Waals surface area contributed by atoms with E-state index in [1.807, 2.05) is 0 Å². The standard InChI is InChI=1S/C9H12N6O/c10-6-1-2-7(15-9(6)11)12-4-3-8-13-5-14-16-8/h1-2,5H,3-4,10H2,(H3,11,12,15). The van der Waals surface area contributed by atoms with E-state index in [0.717, 1.165) is 0 Å². The van der Waals surface area contributed by atoms with Gasteiger partial charge in [-0.25, -0.2) is 4.98 Å². The summed E-state index contributed by atoms with van der Waals surface area (Å²) in [6.45, 7) is 0.637. The topological polar surface area (TPSA) is 116 Å². The number of pyridine rings is 1. The van der Waals surface area contributed by atoms with Crippen LogP contribution < -0.4 is 16.8 Å². The lowest BCUT2D eigenvalue weighted by Gasteiger charge is -2.05. The van der Waals surface area contributed by atoms with Crippen LogP contribution in [0.25, 0.3) is 0 Å². The Balaban J connectivity index is 1.87. The zero-order valence-electron chi connectivity index (χ0n) is 8.55. The predicted molar refractivity (Wildman–Crippen MR) is 59.6 cm³/mol. The first-order valence-electron chi connectivity index (χ1n) is 4.77. The molecular formula is C9H12N6O. The molecule has 0 unspecified atom stereocenters. The summed E-state index contributed by atoms with van der Waals surface area (Å²) in [4.78, 5) is 7.96. The first-order chi connectivity index (χ1) is 7.75. The number of nitrogen functional groups attached to an aromatic ring is 2. The van der Waals surface area contributed by atoms with Gasteiger partial charge in [0.1, 0.15) is 11.6 Å². The Morgan fingerprint density at radius 1 is 1.31 bits per heavy atom. The van der Waals surface area contributed by atoms with Gasteiger partial charge >= 0.3 is 0 Å². The lowest BCUT2D eigenvalue weighted by Crippen LogP contribution is -2.08. The van der Waals surface area contributed by atoms with Crippen LogP contribution >= 0.6 is 0 Å². The number of rotatable bonds is 4. The van der Waals surface area contributed by atoms with Crippen LogP contribution in [0.2, 0.25) is 0 Å². The van der Waals surface area contributed by atoms with Crippen LogP contribution in [-0.2, 0) is 6.42 Å². The largest absolute Gasteiger partial charge is 0.396 e. The van der Waals surface area contributed by atoms with E-state index >= 15 is 0 Å². The molecule has 0 fully saturated rings. The molecule has 7 nitrogen and oxygen atoms in total. The summed E-state index contributed by atoms with van der Waals surface area (Å²) in [5.74, 6) is 1.57. The Bertz CT molecular complexity index is 455. The summed E-state index contributed by atoms with van der Waals surface area (Å²) in [6.07, 6.45) is 2.00. The smallest absolute Gasteiger partial charge is 0.228 e. The molecule has 0 aliphatic carbocycles. The second-order valence-corrected chi connectivity index (χ2v) is 3.18. The monoisotopic (exact) mass is 220 g/mol. The maximum Gasteiger partial charge on any atom is 0.228 e. The van der Waals surface area contributed by atoms with Gasteiger partial charge in [0, 0.05) is 13.0 Å². The zero-order chi connectivity index (χ0) is 11.4. The number of nitrogens with two attached hydrogens (primary N) is 2. The van der Waals surface area contributed by atoms with Crippen molar-refractivity contribution in [3.63, 3.8) is 0 Å². The number of anilines is 3. The summed E-state index contributed by atoms with van der Waals surface area (Å²) in [7, 11) is 0. The van der Waals surface area contributed by atoms with E-state index in [9.17, 15) is 0 Å². The average Bonchev–Trinajstić information content (AvgIpc) is 2.76. The molecule has 5 N–H and O–H groups in total. The Hall–Kier alpha value is -2.31. The normalized spacial score (nSPS) is 10.2. The fraction of sp³-hybridized carbons (Fsp3) is 0.222. The van der Waals surface area contributed by atoms with Crippen molar-refractivity contribution in [3.8, 4) is 0 Å². The number of aromatic nitrogens is 3. The summed E-state index contributed by atoms with van der Waals surface area (Å²) >= 11 is 0. The van der Waals surface area contributed by atoms with Gasteiger partial charge in [0.25, 0.3) is 0 Å². The van der Waals surface area contributed by atoms with E-state index in [4.69, 9.17) is 16.0 Å². The number of hydrogen-bond acceptors (Lipinski definition) is 7. The molecule has 2 heterocycles. The Labute approximate surface area is 91.9 Å². The molecule has 0 spiro atoms. The molecule has 0 saturated carbocycles. The van der Waals surface area contributed by atoms with Crippen molar-refractivity contribution >= 4 is 17.3 Å². The van der Waals surface area contributed by atoms with Gasteiger partial charge in [0.05, 0.1) is 5.69 Å². The van der Waals surface area contributed by atoms with Gasteiger partial charge in [-0.1, -0.05) is 5.16 Å². The van der Waals surface area contributed by atoms with Gasteiger partial charge in [-0.15, -0.1) is 0 Å². The van der Waals surface area contributed by atoms with Crippen molar-refractivity contribution in [1.29, 1.82) is 0 Å². The van der Waals surface area contributed by atoms with Gasteiger partial charge in [0.2, 0.25) is 5.89 Å². The fourth-order valence-corrected chi connectivity index (χ4v) is 1.19. The van der Waals surface area contributed by atoms with Gasteiger partial charge in [-0.3, -0.25) is 0 Å². The fourth-order valence-electron chi connectivity index (χ4n) is 1.19. The first-order valence-corrected chi connectivity index (χ1v) is 4.77. The predicted octanol–water partition coefficient (Wildman–Crippen LogP) is 0.284. The lowest BCUT2D eigenvalue weighted by molar-refractivity contribution is 0.379.